The van der Waals surface area contributed by atoms with Crippen molar-refractivity contribution in [1.82, 2.24) is 10.6 Å². The summed E-state index contributed by atoms with van der Waals surface area (Å²) in [6, 6.07) is 13.6. The predicted molar refractivity (Wildman–Crippen MR) is 113 cm³/mol. The first-order valence-electron chi connectivity index (χ1n) is 9.61. The largest absolute Gasteiger partial charge is 0.493 e. The van der Waals surface area contributed by atoms with Crippen LogP contribution in [-0.4, -0.2) is 32.6 Å². The Morgan fingerprint density at radius 1 is 0.862 bits per heavy atom. The highest BCUT2D eigenvalue weighted by molar-refractivity contribution is 6.04. The van der Waals surface area contributed by atoms with Crippen LogP contribution in [0, 0.1) is 12.3 Å². The van der Waals surface area contributed by atoms with Gasteiger partial charge in [0.1, 0.15) is 5.41 Å². The molecule has 0 unspecified atom stereocenters. The summed E-state index contributed by atoms with van der Waals surface area (Å²) in [5.41, 5.74) is 2.00. The monoisotopic (exact) mass is 398 g/mol. The number of carbonyl (C=O) groups excluding carboxylic acids is 2. The SMILES string of the molecule is COc1ccc(CCNC(=O)C(C)(C)C(=O)NCc2ccc(C)cc2)cc1OC. The molecule has 0 saturated carbocycles. The van der Waals surface area contributed by atoms with Crippen molar-refractivity contribution in [2.45, 2.75) is 33.7 Å². The molecule has 2 aromatic rings. The van der Waals surface area contributed by atoms with Crippen LogP contribution >= 0.6 is 0 Å². The molecule has 2 amide bonds. The number of benzene rings is 2. The summed E-state index contributed by atoms with van der Waals surface area (Å²) in [6.45, 7) is 6.08. The minimum atomic E-state index is -1.16. The number of rotatable bonds is 9. The number of methoxy groups -OCH3 is 2. The zero-order chi connectivity index (χ0) is 21.4. The molecule has 0 atom stereocenters. The molecule has 2 N–H and O–H groups in total. The van der Waals surface area contributed by atoms with Gasteiger partial charge in [-0.25, -0.2) is 0 Å². The summed E-state index contributed by atoms with van der Waals surface area (Å²) < 4.78 is 10.5. The van der Waals surface area contributed by atoms with Crippen molar-refractivity contribution in [2.75, 3.05) is 20.8 Å². The Bertz CT molecular complexity index is 844. The molecule has 0 saturated heterocycles. The summed E-state index contributed by atoms with van der Waals surface area (Å²) in [7, 11) is 3.17. The molecule has 0 fully saturated rings. The molecule has 2 aromatic carbocycles. The van der Waals surface area contributed by atoms with Gasteiger partial charge in [-0.15, -0.1) is 0 Å². The summed E-state index contributed by atoms with van der Waals surface area (Å²) >= 11 is 0. The lowest BCUT2D eigenvalue weighted by molar-refractivity contribution is -0.141. The lowest BCUT2D eigenvalue weighted by Gasteiger charge is -2.23. The van der Waals surface area contributed by atoms with Crippen LogP contribution < -0.4 is 20.1 Å². The van der Waals surface area contributed by atoms with Crippen LogP contribution in [0.3, 0.4) is 0 Å². The normalized spacial score (nSPS) is 10.9. The predicted octanol–water partition coefficient (Wildman–Crippen LogP) is 3.01. The van der Waals surface area contributed by atoms with Gasteiger partial charge in [0.2, 0.25) is 11.8 Å². The molecule has 0 aliphatic heterocycles. The second kappa shape index (κ2) is 9.96. The quantitative estimate of drug-likeness (QED) is 0.637. The molecule has 0 aromatic heterocycles. The van der Waals surface area contributed by atoms with Crippen molar-refractivity contribution in [3.8, 4) is 11.5 Å². The summed E-state index contributed by atoms with van der Waals surface area (Å²) in [5, 5.41) is 5.70. The summed E-state index contributed by atoms with van der Waals surface area (Å²) in [4.78, 5) is 25.1. The van der Waals surface area contributed by atoms with Gasteiger partial charge in [0.05, 0.1) is 14.2 Å². The molecule has 6 heteroatoms. The van der Waals surface area contributed by atoms with E-state index >= 15 is 0 Å². The lowest BCUT2D eigenvalue weighted by atomic mass is 9.91. The third-order valence-corrected chi connectivity index (χ3v) is 4.86. The fraction of sp³-hybridized carbons (Fsp3) is 0.391. The Hall–Kier alpha value is -3.02. The van der Waals surface area contributed by atoms with Gasteiger partial charge in [0.25, 0.3) is 0 Å². The number of hydrogen-bond donors (Lipinski definition) is 2. The molecule has 0 heterocycles. The van der Waals surface area contributed by atoms with Gasteiger partial charge in [0.15, 0.2) is 11.5 Å². The Balaban J connectivity index is 1.86. The third kappa shape index (κ3) is 5.98. The highest BCUT2D eigenvalue weighted by Crippen LogP contribution is 2.27. The topological polar surface area (TPSA) is 76.7 Å². The van der Waals surface area contributed by atoms with Crippen molar-refractivity contribution in [3.05, 3.63) is 59.2 Å². The van der Waals surface area contributed by atoms with E-state index in [-0.39, 0.29) is 11.8 Å². The van der Waals surface area contributed by atoms with E-state index in [1.54, 1.807) is 28.1 Å². The molecule has 2 rings (SSSR count). The minimum absolute atomic E-state index is 0.304. The van der Waals surface area contributed by atoms with Crippen LogP contribution in [0.25, 0.3) is 0 Å². The van der Waals surface area contributed by atoms with Crippen molar-refractivity contribution >= 4 is 11.8 Å². The van der Waals surface area contributed by atoms with Crippen molar-refractivity contribution in [1.29, 1.82) is 0 Å². The molecular formula is C23H30N2O4. The maximum absolute atomic E-state index is 12.6. The first-order chi connectivity index (χ1) is 13.8. The number of amides is 2. The van der Waals surface area contributed by atoms with Crippen LogP contribution in [0.5, 0.6) is 11.5 Å². The van der Waals surface area contributed by atoms with E-state index in [1.807, 2.05) is 49.4 Å². The van der Waals surface area contributed by atoms with Gasteiger partial charge in [-0.1, -0.05) is 35.9 Å². The second-order valence-electron chi connectivity index (χ2n) is 7.49. The second-order valence-corrected chi connectivity index (χ2v) is 7.49. The molecule has 0 aliphatic rings. The molecule has 0 radical (unpaired) electrons. The summed E-state index contributed by atoms with van der Waals surface area (Å²) in [5.74, 6) is 0.694. The van der Waals surface area contributed by atoms with Crippen LogP contribution in [0.4, 0.5) is 0 Å². The Morgan fingerprint density at radius 3 is 2.07 bits per heavy atom. The number of carbonyl (C=O) groups is 2. The van der Waals surface area contributed by atoms with Gasteiger partial charge in [-0.2, -0.15) is 0 Å². The number of hydrogen-bond acceptors (Lipinski definition) is 4. The summed E-state index contributed by atoms with van der Waals surface area (Å²) in [6.07, 6.45) is 0.618. The maximum Gasteiger partial charge on any atom is 0.235 e. The number of aryl methyl sites for hydroxylation is 1. The van der Waals surface area contributed by atoms with Gasteiger partial charge >= 0.3 is 0 Å². The van der Waals surface area contributed by atoms with E-state index in [1.165, 1.54) is 0 Å². The Morgan fingerprint density at radius 2 is 1.45 bits per heavy atom. The van der Waals surface area contributed by atoms with Crippen LogP contribution in [0.1, 0.15) is 30.5 Å². The molecule has 29 heavy (non-hydrogen) atoms. The zero-order valence-corrected chi connectivity index (χ0v) is 17.8. The third-order valence-electron chi connectivity index (χ3n) is 4.86. The van der Waals surface area contributed by atoms with E-state index in [4.69, 9.17) is 9.47 Å². The van der Waals surface area contributed by atoms with E-state index in [9.17, 15) is 9.59 Å². The Labute approximate surface area is 172 Å². The average molecular weight is 399 g/mol. The molecule has 0 spiro atoms. The van der Waals surface area contributed by atoms with E-state index in [0.717, 1.165) is 16.7 Å². The van der Waals surface area contributed by atoms with E-state index in [0.29, 0.717) is 31.0 Å². The average Bonchev–Trinajstić information content (AvgIpc) is 2.72. The van der Waals surface area contributed by atoms with E-state index < -0.39 is 5.41 Å². The number of ether oxygens (including phenoxy) is 2. The molecule has 156 valence electrons. The van der Waals surface area contributed by atoms with Gasteiger partial charge in [0, 0.05) is 13.1 Å². The maximum atomic E-state index is 12.6. The fourth-order valence-electron chi connectivity index (χ4n) is 2.79. The van der Waals surface area contributed by atoms with Gasteiger partial charge < -0.3 is 20.1 Å². The van der Waals surface area contributed by atoms with Crippen LogP contribution in [0.15, 0.2) is 42.5 Å². The first-order valence-corrected chi connectivity index (χ1v) is 9.61. The Kier molecular flexibility index (Phi) is 7.65. The van der Waals surface area contributed by atoms with Gasteiger partial charge in [-0.3, -0.25) is 9.59 Å². The van der Waals surface area contributed by atoms with Gasteiger partial charge in [-0.05, 0) is 50.5 Å². The van der Waals surface area contributed by atoms with Crippen molar-refractivity contribution in [3.63, 3.8) is 0 Å². The molecule has 0 bridgehead atoms. The first kappa shape index (κ1) is 22.3. The van der Waals surface area contributed by atoms with E-state index in [2.05, 4.69) is 10.6 Å². The lowest BCUT2D eigenvalue weighted by Crippen LogP contribution is -2.48. The zero-order valence-electron chi connectivity index (χ0n) is 17.8. The standard InChI is InChI=1S/C23H30N2O4/c1-16-6-8-18(9-7-16)15-25-22(27)23(2,3)21(26)24-13-12-17-10-11-19(28-4)20(14-17)29-5/h6-11,14H,12-13,15H2,1-5H3,(H,24,26)(H,25,27). The van der Waals surface area contributed by atoms with Crippen LogP contribution in [0.2, 0.25) is 0 Å². The molecular weight excluding hydrogens is 368 g/mol. The fourth-order valence-corrected chi connectivity index (χ4v) is 2.79. The van der Waals surface area contributed by atoms with Crippen LogP contribution in [-0.2, 0) is 22.6 Å². The number of nitrogens with one attached hydrogen (secondary N) is 2. The highest BCUT2D eigenvalue weighted by Gasteiger charge is 2.35. The van der Waals surface area contributed by atoms with Crippen molar-refractivity contribution < 1.29 is 19.1 Å². The highest BCUT2D eigenvalue weighted by atomic mass is 16.5. The smallest absolute Gasteiger partial charge is 0.235 e. The minimum Gasteiger partial charge on any atom is -0.493 e. The molecule has 0 aliphatic carbocycles. The molecule has 6 nitrogen and oxygen atoms in total. The van der Waals surface area contributed by atoms with Crippen molar-refractivity contribution in [2.24, 2.45) is 5.41 Å².